The van der Waals surface area contributed by atoms with Crippen molar-refractivity contribution >= 4 is 44.8 Å². The van der Waals surface area contributed by atoms with E-state index in [-0.39, 0.29) is 23.0 Å². The fourth-order valence-corrected chi connectivity index (χ4v) is 4.07. The van der Waals surface area contributed by atoms with E-state index in [1.54, 1.807) is 31.2 Å². The maximum Gasteiger partial charge on any atom is 0.243 e. The van der Waals surface area contributed by atoms with Gasteiger partial charge in [0.15, 0.2) is 0 Å². The molecule has 0 aromatic heterocycles. The first-order valence-corrected chi connectivity index (χ1v) is 9.86. The number of hydrogen-bond acceptors (Lipinski definition) is 4. The first-order valence-electron chi connectivity index (χ1n) is 7.67. The van der Waals surface area contributed by atoms with Crippen molar-refractivity contribution in [1.29, 1.82) is 0 Å². The summed E-state index contributed by atoms with van der Waals surface area (Å²) in [6.07, 6.45) is 0. The van der Waals surface area contributed by atoms with Gasteiger partial charge in [-0.3, -0.25) is 4.79 Å². The number of hydrogen-bond donors (Lipinski definition) is 1. The first-order chi connectivity index (χ1) is 12.3. The summed E-state index contributed by atoms with van der Waals surface area (Å²) in [5, 5.41) is 3.29. The van der Waals surface area contributed by atoms with Crippen LogP contribution < -0.4 is 10.1 Å². The minimum Gasteiger partial charge on any atom is -0.497 e. The normalized spacial score (nSPS) is 11.4. The monoisotopic (exact) mass is 416 g/mol. The smallest absolute Gasteiger partial charge is 0.243 e. The van der Waals surface area contributed by atoms with Crippen molar-refractivity contribution in [2.45, 2.75) is 11.8 Å². The molecule has 0 fully saturated rings. The Bertz CT molecular complexity index is 886. The van der Waals surface area contributed by atoms with Gasteiger partial charge in [0.25, 0.3) is 0 Å². The van der Waals surface area contributed by atoms with Crippen LogP contribution in [0.2, 0.25) is 10.0 Å². The Morgan fingerprint density at radius 1 is 1.15 bits per heavy atom. The summed E-state index contributed by atoms with van der Waals surface area (Å²) in [5.74, 6) is 0.0373. The number of carbonyl (C=O) groups is 1. The highest BCUT2D eigenvalue weighted by Crippen LogP contribution is 2.25. The Hall–Kier alpha value is -1.80. The summed E-state index contributed by atoms with van der Waals surface area (Å²) in [6.45, 7) is 1.45. The van der Waals surface area contributed by atoms with Gasteiger partial charge in [0.2, 0.25) is 15.9 Å². The number of ether oxygens (including phenoxy) is 1. The third kappa shape index (κ3) is 4.88. The second-order valence-corrected chi connectivity index (χ2v) is 8.06. The highest BCUT2D eigenvalue weighted by Gasteiger charge is 2.25. The van der Waals surface area contributed by atoms with Crippen molar-refractivity contribution in [2.24, 2.45) is 0 Å². The Kier molecular flexibility index (Phi) is 6.88. The van der Waals surface area contributed by atoms with Crippen molar-refractivity contribution in [1.82, 2.24) is 4.31 Å². The topological polar surface area (TPSA) is 75.7 Å². The van der Waals surface area contributed by atoms with Crippen molar-refractivity contribution in [2.75, 3.05) is 25.5 Å². The van der Waals surface area contributed by atoms with Crippen molar-refractivity contribution < 1.29 is 17.9 Å². The van der Waals surface area contributed by atoms with Crippen molar-refractivity contribution in [3.63, 3.8) is 0 Å². The number of nitrogens with one attached hydrogen (secondary N) is 1. The molecular weight excluding hydrogens is 399 g/mol. The molecule has 140 valence electrons. The van der Waals surface area contributed by atoms with Crippen LogP contribution in [0.3, 0.4) is 0 Å². The van der Waals surface area contributed by atoms with E-state index in [4.69, 9.17) is 27.9 Å². The number of halogens is 2. The predicted molar refractivity (Wildman–Crippen MR) is 103 cm³/mol. The highest BCUT2D eigenvalue weighted by atomic mass is 35.5. The first kappa shape index (κ1) is 20.5. The van der Waals surface area contributed by atoms with Crippen molar-refractivity contribution in [3.8, 4) is 5.75 Å². The Balaban J connectivity index is 2.14. The van der Waals surface area contributed by atoms with Crippen molar-refractivity contribution in [3.05, 3.63) is 52.5 Å². The lowest BCUT2D eigenvalue weighted by atomic mass is 10.3. The lowest BCUT2D eigenvalue weighted by molar-refractivity contribution is -0.116. The van der Waals surface area contributed by atoms with Gasteiger partial charge < -0.3 is 10.1 Å². The fraction of sp³-hybridized carbons (Fsp3) is 0.235. The van der Waals surface area contributed by atoms with Crippen LogP contribution in [-0.4, -0.2) is 38.8 Å². The van der Waals surface area contributed by atoms with Gasteiger partial charge in [-0.15, -0.1) is 0 Å². The number of likely N-dealkylation sites (N-methyl/N-ethyl adjacent to an activating group) is 1. The maximum absolute atomic E-state index is 12.7. The Morgan fingerprint density at radius 2 is 1.81 bits per heavy atom. The van der Waals surface area contributed by atoms with Gasteiger partial charge in [0, 0.05) is 11.6 Å². The van der Waals surface area contributed by atoms with E-state index in [0.717, 1.165) is 4.31 Å². The van der Waals surface area contributed by atoms with Crippen LogP contribution in [0.1, 0.15) is 6.92 Å². The second-order valence-electron chi connectivity index (χ2n) is 5.28. The van der Waals surface area contributed by atoms with Gasteiger partial charge >= 0.3 is 0 Å². The van der Waals surface area contributed by atoms with Gasteiger partial charge in [-0.1, -0.05) is 30.1 Å². The molecule has 1 N–H and O–H groups in total. The summed E-state index contributed by atoms with van der Waals surface area (Å²) in [7, 11) is -2.32. The molecule has 0 aliphatic rings. The van der Waals surface area contributed by atoms with Gasteiger partial charge in [-0.05, 0) is 42.5 Å². The quantitative estimate of drug-likeness (QED) is 0.746. The molecule has 0 aliphatic carbocycles. The number of carbonyl (C=O) groups excluding carboxylic acids is 1. The Labute approximate surface area is 162 Å². The van der Waals surface area contributed by atoms with Gasteiger partial charge in [-0.2, -0.15) is 4.31 Å². The maximum atomic E-state index is 12.7. The van der Waals surface area contributed by atoms with E-state index >= 15 is 0 Å². The molecule has 2 rings (SSSR count). The van der Waals surface area contributed by atoms with Crippen LogP contribution in [0.4, 0.5) is 5.69 Å². The molecule has 6 nitrogen and oxygen atoms in total. The summed E-state index contributed by atoms with van der Waals surface area (Å²) >= 11 is 11.8. The Morgan fingerprint density at radius 3 is 2.35 bits per heavy atom. The summed E-state index contributed by atoms with van der Waals surface area (Å²) in [4.78, 5) is 12.3. The molecule has 0 saturated carbocycles. The van der Waals surface area contributed by atoms with Crippen LogP contribution >= 0.6 is 23.2 Å². The number of nitrogens with zero attached hydrogens (tertiary/aromatic N) is 1. The summed E-state index contributed by atoms with van der Waals surface area (Å²) in [5.41, 5.74) is 0.360. The molecular formula is C17H18Cl2N2O4S. The van der Waals surface area contributed by atoms with E-state index < -0.39 is 15.9 Å². The van der Waals surface area contributed by atoms with Crippen LogP contribution in [0.15, 0.2) is 47.4 Å². The molecule has 0 aliphatic heterocycles. The number of methoxy groups -OCH3 is 1. The minimum absolute atomic E-state index is 0.0810. The summed E-state index contributed by atoms with van der Waals surface area (Å²) in [6, 6.07) is 10.6. The highest BCUT2D eigenvalue weighted by molar-refractivity contribution is 7.89. The molecule has 0 heterocycles. The number of amides is 1. The van der Waals surface area contributed by atoms with Crippen LogP contribution in [0.5, 0.6) is 5.75 Å². The molecule has 0 spiro atoms. The fourth-order valence-electron chi connectivity index (χ4n) is 2.20. The summed E-state index contributed by atoms with van der Waals surface area (Å²) < 4.78 is 31.6. The second kappa shape index (κ2) is 8.73. The number of rotatable bonds is 7. The van der Waals surface area contributed by atoms with Gasteiger partial charge in [0.05, 0.1) is 29.3 Å². The molecule has 2 aromatic carbocycles. The van der Waals surface area contributed by atoms with E-state index in [1.165, 1.54) is 25.3 Å². The molecule has 26 heavy (non-hydrogen) atoms. The van der Waals surface area contributed by atoms with Crippen LogP contribution in [0.25, 0.3) is 0 Å². The molecule has 1 amide bonds. The predicted octanol–water partition coefficient (Wildman–Crippen LogP) is 3.65. The molecule has 0 radical (unpaired) electrons. The largest absolute Gasteiger partial charge is 0.497 e. The molecule has 2 aromatic rings. The zero-order valence-corrected chi connectivity index (χ0v) is 16.5. The van der Waals surface area contributed by atoms with Gasteiger partial charge in [0.1, 0.15) is 5.75 Å². The van der Waals surface area contributed by atoms with E-state index in [0.29, 0.717) is 16.5 Å². The van der Waals surface area contributed by atoms with Crippen LogP contribution in [0, 0.1) is 0 Å². The number of benzene rings is 2. The van der Waals surface area contributed by atoms with Crippen LogP contribution in [-0.2, 0) is 14.8 Å². The average Bonchev–Trinajstić information content (AvgIpc) is 2.62. The lowest BCUT2D eigenvalue weighted by Crippen LogP contribution is -2.37. The molecule has 0 saturated heterocycles. The molecule has 0 atom stereocenters. The lowest BCUT2D eigenvalue weighted by Gasteiger charge is -2.20. The third-order valence-corrected chi connectivity index (χ3v) is 6.06. The third-order valence-electron chi connectivity index (χ3n) is 3.58. The SMILES string of the molecule is CCN(CC(=O)Nc1ccc(Cl)cc1Cl)S(=O)(=O)c1ccc(OC)cc1. The van der Waals surface area contributed by atoms with E-state index in [9.17, 15) is 13.2 Å². The molecule has 0 unspecified atom stereocenters. The average molecular weight is 417 g/mol. The molecule has 9 heteroatoms. The van der Waals surface area contributed by atoms with E-state index in [2.05, 4.69) is 5.32 Å². The zero-order valence-electron chi connectivity index (χ0n) is 14.2. The standard InChI is InChI=1S/C17H18Cl2N2O4S/c1-3-21(26(23,24)14-7-5-13(25-2)6-8-14)11-17(22)20-16-9-4-12(18)10-15(16)19/h4-10H,3,11H2,1-2H3,(H,20,22). The van der Waals surface area contributed by atoms with E-state index in [1.807, 2.05) is 0 Å². The minimum atomic E-state index is -3.82. The molecule has 0 bridgehead atoms. The van der Waals surface area contributed by atoms with Gasteiger partial charge in [-0.25, -0.2) is 8.42 Å². The number of sulfonamides is 1. The number of anilines is 1. The zero-order chi connectivity index (χ0) is 19.3.